The number of hydrogen-bond acceptors (Lipinski definition) is 2. The highest BCUT2D eigenvalue weighted by molar-refractivity contribution is 7.98. The van der Waals surface area contributed by atoms with Gasteiger partial charge in [-0.2, -0.15) is 0 Å². The molecule has 3 heteroatoms. The molecule has 0 N–H and O–H groups in total. The van der Waals surface area contributed by atoms with Crippen molar-refractivity contribution in [3.05, 3.63) is 35.7 Å². The lowest BCUT2D eigenvalue weighted by atomic mass is 9.95. The van der Waals surface area contributed by atoms with Gasteiger partial charge in [0.05, 0.1) is 0 Å². The fourth-order valence-electron chi connectivity index (χ4n) is 1.37. The third-order valence-corrected chi connectivity index (χ3v) is 4.04. The van der Waals surface area contributed by atoms with Crippen LogP contribution in [0.1, 0.15) is 0 Å². The number of thioether (sulfide) groups is 1. The van der Waals surface area contributed by atoms with E-state index >= 15 is 0 Å². The fourth-order valence-corrected chi connectivity index (χ4v) is 3.16. The lowest BCUT2D eigenvalue weighted by Gasteiger charge is -2.01. The van der Waals surface area contributed by atoms with Crippen molar-refractivity contribution in [3.8, 4) is 10.4 Å². The van der Waals surface area contributed by atoms with Gasteiger partial charge in [0.15, 0.2) is 0 Å². The summed E-state index contributed by atoms with van der Waals surface area (Å²) < 4.78 is 0. The second-order valence-corrected chi connectivity index (χ2v) is 4.95. The van der Waals surface area contributed by atoms with E-state index in [1.807, 2.05) is 23.1 Å². The molecular formula is C11H11BS2. The fraction of sp³-hybridized carbons (Fsp3) is 0.0909. The smallest absolute Gasteiger partial charge is 0.139 e. The van der Waals surface area contributed by atoms with E-state index in [9.17, 15) is 0 Å². The molecule has 0 aliphatic rings. The van der Waals surface area contributed by atoms with Crippen LogP contribution in [0.4, 0.5) is 0 Å². The Kier molecular flexibility index (Phi) is 2.99. The summed E-state index contributed by atoms with van der Waals surface area (Å²) in [6, 6.07) is 10.9. The second kappa shape index (κ2) is 4.24. The van der Waals surface area contributed by atoms with Gasteiger partial charge in [-0.1, -0.05) is 29.7 Å². The third kappa shape index (κ3) is 1.89. The summed E-state index contributed by atoms with van der Waals surface area (Å²) in [4.78, 5) is 2.76. The zero-order valence-corrected chi connectivity index (χ0v) is 9.91. The largest absolute Gasteiger partial charge is 0.143 e. The minimum Gasteiger partial charge on any atom is -0.143 e. The first-order chi connectivity index (χ1) is 6.81. The molecule has 1 heterocycles. The molecule has 0 saturated carbocycles. The molecule has 0 bridgehead atoms. The van der Waals surface area contributed by atoms with Gasteiger partial charge >= 0.3 is 0 Å². The van der Waals surface area contributed by atoms with Gasteiger partial charge < -0.3 is 0 Å². The molecule has 0 nitrogen and oxygen atoms in total. The molecule has 2 aromatic rings. The highest BCUT2D eigenvalue weighted by Crippen LogP contribution is 2.34. The first kappa shape index (κ1) is 9.87. The molecule has 1 aromatic heterocycles. The minimum atomic E-state index is 1.32. The molecule has 0 radical (unpaired) electrons. The van der Waals surface area contributed by atoms with Crippen molar-refractivity contribution >= 4 is 36.4 Å². The van der Waals surface area contributed by atoms with E-state index in [-0.39, 0.29) is 0 Å². The van der Waals surface area contributed by atoms with Crippen LogP contribution in [0.15, 0.2) is 40.6 Å². The Labute approximate surface area is 93.8 Å². The van der Waals surface area contributed by atoms with Gasteiger partial charge in [0, 0.05) is 9.77 Å². The highest BCUT2D eigenvalue weighted by Gasteiger charge is 2.04. The summed E-state index contributed by atoms with van der Waals surface area (Å²) in [6.07, 6.45) is 2.12. The first-order valence-electron chi connectivity index (χ1n) is 4.50. The first-order valence-corrected chi connectivity index (χ1v) is 6.60. The van der Waals surface area contributed by atoms with Crippen molar-refractivity contribution in [2.24, 2.45) is 0 Å². The summed E-state index contributed by atoms with van der Waals surface area (Å²) in [7, 11) is 2.12. The monoisotopic (exact) mass is 218 g/mol. The van der Waals surface area contributed by atoms with Gasteiger partial charge in [-0.15, -0.1) is 23.1 Å². The maximum Gasteiger partial charge on any atom is 0.139 e. The molecule has 0 fully saturated rings. The van der Waals surface area contributed by atoms with E-state index in [2.05, 4.69) is 49.8 Å². The quantitative estimate of drug-likeness (QED) is 0.551. The third-order valence-electron chi connectivity index (χ3n) is 2.16. The van der Waals surface area contributed by atoms with Gasteiger partial charge in [0.25, 0.3) is 0 Å². The van der Waals surface area contributed by atoms with E-state index in [1.165, 1.54) is 20.8 Å². The van der Waals surface area contributed by atoms with E-state index in [0.29, 0.717) is 0 Å². The van der Waals surface area contributed by atoms with Gasteiger partial charge in [0.1, 0.15) is 7.85 Å². The molecule has 0 aliphatic heterocycles. The maximum atomic E-state index is 2.20. The summed E-state index contributed by atoms with van der Waals surface area (Å²) in [5.74, 6) is 0. The van der Waals surface area contributed by atoms with Crippen molar-refractivity contribution in [2.75, 3.05) is 6.26 Å². The molecule has 14 heavy (non-hydrogen) atoms. The Morgan fingerprint density at radius 1 is 1.14 bits per heavy atom. The number of thiophene rings is 1. The number of benzene rings is 1. The highest BCUT2D eigenvalue weighted by atomic mass is 32.2. The molecule has 0 amide bonds. The normalized spacial score (nSPS) is 10.4. The minimum absolute atomic E-state index is 1.32. The molecule has 2 rings (SSSR count). The lowest BCUT2D eigenvalue weighted by molar-refractivity contribution is 1.57. The van der Waals surface area contributed by atoms with Crippen molar-refractivity contribution < 1.29 is 0 Å². The van der Waals surface area contributed by atoms with Crippen LogP contribution in [0.3, 0.4) is 0 Å². The molecule has 0 aliphatic carbocycles. The van der Waals surface area contributed by atoms with E-state index in [4.69, 9.17) is 0 Å². The lowest BCUT2D eigenvalue weighted by Crippen LogP contribution is -1.98. The molecule has 0 saturated heterocycles. The predicted molar refractivity (Wildman–Crippen MR) is 69.7 cm³/mol. The summed E-state index contributed by atoms with van der Waals surface area (Å²) >= 11 is 3.62. The second-order valence-electron chi connectivity index (χ2n) is 3.18. The zero-order valence-electron chi connectivity index (χ0n) is 8.28. The molecule has 0 atom stereocenters. The summed E-state index contributed by atoms with van der Waals surface area (Å²) in [5.41, 5.74) is 2.64. The standard InChI is InChI=1S/C11H11BS2/c1-13-10-6-7-14-11(10)8-2-4-9(12)5-3-8/h2-7H,12H2,1H3. The van der Waals surface area contributed by atoms with Crippen molar-refractivity contribution in [3.63, 3.8) is 0 Å². The molecule has 0 spiro atoms. The van der Waals surface area contributed by atoms with Gasteiger partial charge in [-0.3, -0.25) is 0 Å². The van der Waals surface area contributed by atoms with Crippen molar-refractivity contribution in [1.82, 2.24) is 0 Å². The molecule has 70 valence electrons. The van der Waals surface area contributed by atoms with Crippen LogP contribution in [-0.4, -0.2) is 14.1 Å². The van der Waals surface area contributed by atoms with Crippen LogP contribution in [0.5, 0.6) is 0 Å². The Morgan fingerprint density at radius 3 is 2.50 bits per heavy atom. The average molecular weight is 218 g/mol. The SMILES string of the molecule is Bc1ccc(-c2sccc2SC)cc1. The number of rotatable bonds is 2. The molecule has 1 aromatic carbocycles. The Morgan fingerprint density at radius 2 is 1.86 bits per heavy atom. The van der Waals surface area contributed by atoms with Crippen molar-refractivity contribution in [1.29, 1.82) is 0 Å². The average Bonchev–Trinajstić information content (AvgIpc) is 2.67. The van der Waals surface area contributed by atoms with Crippen LogP contribution < -0.4 is 5.46 Å². The molecule has 0 unspecified atom stereocenters. The summed E-state index contributed by atoms with van der Waals surface area (Å²) in [6.45, 7) is 0. The Bertz CT molecular complexity index is 417. The van der Waals surface area contributed by atoms with Gasteiger partial charge in [0.2, 0.25) is 0 Å². The zero-order chi connectivity index (χ0) is 9.97. The maximum absolute atomic E-state index is 2.20. The van der Waals surface area contributed by atoms with Crippen LogP contribution in [0.25, 0.3) is 10.4 Å². The Hall–Kier alpha value is -0.665. The van der Waals surface area contributed by atoms with Gasteiger partial charge in [-0.05, 0) is 23.3 Å². The summed E-state index contributed by atoms with van der Waals surface area (Å²) in [5, 5.41) is 2.15. The van der Waals surface area contributed by atoms with Crippen molar-refractivity contribution in [2.45, 2.75) is 4.90 Å². The van der Waals surface area contributed by atoms with E-state index < -0.39 is 0 Å². The topological polar surface area (TPSA) is 0 Å². The predicted octanol–water partition coefficient (Wildman–Crippen LogP) is 2.40. The van der Waals surface area contributed by atoms with E-state index in [0.717, 1.165) is 0 Å². The van der Waals surface area contributed by atoms with Gasteiger partial charge in [-0.25, -0.2) is 0 Å². The number of hydrogen-bond donors (Lipinski definition) is 0. The van der Waals surface area contributed by atoms with Crippen LogP contribution in [0, 0.1) is 0 Å². The van der Waals surface area contributed by atoms with Crippen LogP contribution in [0.2, 0.25) is 0 Å². The van der Waals surface area contributed by atoms with Crippen LogP contribution in [-0.2, 0) is 0 Å². The van der Waals surface area contributed by atoms with Crippen LogP contribution >= 0.6 is 23.1 Å². The van der Waals surface area contributed by atoms with E-state index in [1.54, 1.807) is 0 Å². The Balaban J connectivity index is 2.44. The molecular weight excluding hydrogens is 207 g/mol.